The number of sulfonamides is 1. The second-order valence-electron chi connectivity index (χ2n) is 9.33. The van der Waals surface area contributed by atoms with Crippen LogP contribution in [0.5, 0.6) is 5.75 Å². The van der Waals surface area contributed by atoms with E-state index in [9.17, 15) is 13.2 Å². The number of anilines is 1. The quantitative estimate of drug-likeness (QED) is 0.376. The molecule has 13 heteroatoms. The fourth-order valence-electron chi connectivity index (χ4n) is 4.01. The van der Waals surface area contributed by atoms with E-state index < -0.39 is 32.4 Å². The maximum atomic E-state index is 15.3. The van der Waals surface area contributed by atoms with Gasteiger partial charge in [-0.3, -0.25) is 0 Å². The van der Waals surface area contributed by atoms with Crippen molar-refractivity contribution < 1.29 is 27.1 Å². The molecule has 1 aliphatic rings. The van der Waals surface area contributed by atoms with Gasteiger partial charge in [0.05, 0.1) is 22.9 Å². The molecule has 0 N–H and O–H groups in total. The first-order chi connectivity index (χ1) is 17.0. The van der Waals surface area contributed by atoms with E-state index in [4.69, 9.17) is 21.1 Å². The summed E-state index contributed by atoms with van der Waals surface area (Å²) < 4.78 is 55.9. The van der Waals surface area contributed by atoms with E-state index in [0.29, 0.717) is 4.31 Å². The molecule has 0 spiro atoms. The van der Waals surface area contributed by atoms with Crippen molar-refractivity contribution in [3.05, 3.63) is 52.6 Å². The van der Waals surface area contributed by atoms with Crippen LogP contribution in [-0.4, -0.2) is 40.8 Å². The Labute approximate surface area is 217 Å². The molecular weight excluding hydrogens is 531 g/mol. The molecule has 1 aliphatic carbocycles. The van der Waals surface area contributed by atoms with Crippen molar-refractivity contribution in [1.82, 2.24) is 14.5 Å². The fourth-order valence-corrected chi connectivity index (χ4v) is 6.21. The Morgan fingerprint density at radius 2 is 2.03 bits per heavy atom. The number of carbonyl (C=O) groups excluding carboxylic acids is 1. The first-order valence-electron chi connectivity index (χ1n) is 11.3. The average molecular weight is 557 g/mol. The molecule has 3 aromatic rings. The van der Waals surface area contributed by atoms with Crippen molar-refractivity contribution in [2.45, 2.75) is 69.1 Å². The molecule has 9 nitrogen and oxygen atoms in total. The second kappa shape index (κ2) is 10.3. The molecule has 2 aromatic heterocycles. The number of thiazole rings is 1. The van der Waals surface area contributed by atoms with E-state index in [1.165, 1.54) is 10.9 Å². The van der Waals surface area contributed by atoms with Gasteiger partial charge in [-0.25, -0.2) is 27.6 Å². The van der Waals surface area contributed by atoms with Gasteiger partial charge in [0.1, 0.15) is 28.2 Å². The number of rotatable bonds is 6. The zero-order valence-corrected chi connectivity index (χ0v) is 22.3. The van der Waals surface area contributed by atoms with Crippen LogP contribution < -0.4 is 9.04 Å². The van der Waals surface area contributed by atoms with E-state index in [1.807, 2.05) is 10.8 Å². The van der Waals surface area contributed by atoms with Crippen LogP contribution in [0.15, 0.2) is 46.6 Å². The average Bonchev–Trinajstić information content (AvgIpc) is 3.49. The molecule has 2 atom stereocenters. The smallest absolute Gasteiger partial charge is 0.430 e. The fraction of sp³-hybridized carbons (Fsp3) is 0.435. The lowest BCUT2D eigenvalue weighted by atomic mass is 9.92. The second-order valence-corrected chi connectivity index (χ2v) is 12.2. The zero-order chi connectivity index (χ0) is 26.1. The van der Waals surface area contributed by atoms with Gasteiger partial charge < -0.3 is 14.0 Å². The number of amides is 1. The predicted molar refractivity (Wildman–Crippen MR) is 134 cm³/mol. The lowest BCUT2D eigenvalue weighted by molar-refractivity contribution is 0.0608. The summed E-state index contributed by atoms with van der Waals surface area (Å²) in [6.45, 7) is 4.76. The van der Waals surface area contributed by atoms with Crippen molar-refractivity contribution in [1.29, 1.82) is 0 Å². The molecule has 0 bridgehead atoms. The number of benzene rings is 1. The summed E-state index contributed by atoms with van der Waals surface area (Å²) in [7, 11) is -4.77. The summed E-state index contributed by atoms with van der Waals surface area (Å²) in [5.41, 5.74) is 0.351. The lowest BCUT2D eigenvalue weighted by Crippen LogP contribution is -2.41. The SMILES string of the molecule is CC(C)(C)OC(=O)N(c1cscn1)S(=O)(=O)c1cc(Cl)c(O[C@H]2CCCC[C@@H]2n2ccnc2)cc1F. The Balaban J connectivity index is 1.66. The van der Waals surface area contributed by atoms with E-state index >= 15 is 4.39 Å². The van der Waals surface area contributed by atoms with Gasteiger partial charge in [0, 0.05) is 23.8 Å². The maximum absolute atomic E-state index is 15.3. The van der Waals surface area contributed by atoms with Crippen molar-refractivity contribution in [3.63, 3.8) is 0 Å². The summed E-state index contributed by atoms with van der Waals surface area (Å²) >= 11 is 7.46. The van der Waals surface area contributed by atoms with Crippen molar-refractivity contribution in [2.24, 2.45) is 0 Å². The van der Waals surface area contributed by atoms with Gasteiger partial charge in [-0.2, -0.15) is 0 Å². The minimum absolute atomic E-state index is 0.0163. The van der Waals surface area contributed by atoms with Crippen LogP contribution in [0.25, 0.3) is 0 Å². The number of imidazole rings is 1. The Kier molecular flexibility index (Phi) is 7.58. The number of ether oxygens (including phenoxy) is 2. The van der Waals surface area contributed by atoms with Crippen molar-refractivity contribution in [2.75, 3.05) is 4.31 Å². The number of hydrogen-bond acceptors (Lipinski definition) is 8. The van der Waals surface area contributed by atoms with E-state index in [-0.39, 0.29) is 28.7 Å². The maximum Gasteiger partial charge on any atom is 0.430 e. The molecule has 4 rings (SSSR count). The molecule has 1 saturated carbocycles. The zero-order valence-electron chi connectivity index (χ0n) is 19.9. The minimum Gasteiger partial charge on any atom is -0.487 e. The van der Waals surface area contributed by atoms with Gasteiger partial charge >= 0.3 is 6.09 Å². The minimum atomic E-state index is -4.77. The summed E-state index contributed by atoms with van der Waals surface area (Å²) in [6.07, 6.45) is 7.22. The number of carbonyl (C=O) groups is 1. The highest BCUT2D eigenvalue weighted by Crippen LogP contribution is 2.37. The van der Waals surface area contributed by atoms with Gasteiger partial charge in [-0.05, 0) is 46.1 Å². The number of aromatic nitrogens is 3. The highest BCUT2D eigenvalue weighted by Gasteiger charge is 2.38. The topological polar surface area (TPSA) is 104 Å². The van der Waals surface area contributed by atoms with Crippen LogP contribution >= 0.6 is 22.9 Å². The number of nitrogens with zero attached hydrogens (tertiary/aromatic N) is 4. The third-order valence-corrected chi connectivity index (χ3v) is 8.10. The van der Waals surface area contributed by atoms with Gasteiger partial charge in [-0.15, -0.1) is 15.6 Å². The Hall–Kier alpha value is -2.70. The number of halogens is 2. The largest absolute Gasteiger partial charge is 0.487 e. The van der Waals surface area contributed by atoms with Crippen molar-refractivity contribution in [3.8, 4) is 5.75 Å². The lowest BCUT2D eigenvalue weighted by Gasteiger charge is -2.33. The molecule has 0 unspecified atom stereocenters. The monoisotopic (exact) mass is 556 g/mol. The predicted octanol–water partition coefficient (Wildman–Crippen LogP) is 5.83. The van der Waals surface area contributed by atoms with Gasteiger partial charge in [0.15, 0.2) is 5.82 Å². The van der Waals surface area contributed by atoms with Crippen LogP contribution in [0.4, 0.5) is 15.0 Å². The molecule has 36 heavy (non-hydrogen) atoms. The Bertz CT molecular complexity index is 1310. The van der Waals surface area contributed by atoms with Crippen LogP contribution in [-0.2, 0) is 14.8 Å². The standard InChI is InChI=1S/C23H26ClFN4O5S2/c1-23(2,3)34-22(30)29(21-12-35-14-27-21)36(31,32)20-10-15(24)19(11-16(20)25)33-18-7-5-4-6-17(18)28-9-8-26-13-28/h8-14,17-18H,4-7H2,1-3H3/t17-,18-/m0/s1. The third-order valence-electron chi connectivity index (χ3n) is 5.55. The highest BCUT2D eigenvalue weighted by atomic mass is 35.5. The van der Waals surface area contributed by atoms with E-state index in [0.717, 1.165) is 49.2 Å². The van der Waals surface area contributed by atoms with E-state index in [2.05, 4.69) is 9.97 Å². The molecule has 2 heterocycles. The first-order valence-corrected chi connectivity index (χ1v) is 14.0. The molecule has 1 fully saturated rings. The molecule has 0 radical (unpaired) electrons. The molecule has 0 aliphatic heterocycles. The van der Waals surface area contributed by atoms with Gasteiger partial charge in [0.2, 0.25) is 0 Å². The van der Waals surface area contributed by atoms with Gasteiger partial charge in [0.25, 0.3) is 10.0 Å². The summed E-state index contributed by atoms with van der Waals surface area (Å²) in [4.78, 5) is 20.1. The molecule has 194 valence electrons. The summed E-state index contributed by atoms with van der Waals surface area (Å²) in [5, 5.41) is 1.24. The van der Waals surface area contributed by atoms with Crippen molar-refractivity contribution >= 4 is 44.9 Å². The first kappa shape index (κ1) is 26.4. The van der Waals surface area contributed by atoms with Crippen LogP contribution in [0.2, 0.25) is 5.02 Å². The molecule has 1 amide bonds. The molecule has 1 aromatic carbocycles. The van der Waals surface area contributed by atoms with Gasteiger partial charge in [-0.1, -0.05) is 18.0 Å². The molecule has 0 saturated heterocycles. The van der Waals surface area contributed by atoms with Crippen LogP contribution in [0, 0.1) is 5.82 Å². The van der Waals surface area contributed by atoms with Crippen LogP contribution in [0.3, 0.4) is 0 Å². The summed E-state index contributed by atoms with van der Waals surface area (Å²) in [5.74, 6) is -1.31. The Morgan fingerprint density at radius 1 is 1.28 bits per heavy atom. The third kappa shape index (κ3) is 5.65. The Morgan fingerprint density at radius 3 is 2.67 bits per heavy atom. The normalized spacial score (nSPS) is 18.6. The number of hydrogen-bond donors (Lipinski definition) is 0. The van der Waals surface area contributed by atoms with Crippen LogP contribution in [0.1, 0.15) is 52.5 Å². The highest BCUT2D eigenvalue weighted by molar-refractivity contribution is 7.93. The summed E-state index contributed by atoms with van der Waals surface area (Å²) in [6, 6.07) is 1.86. The molecular formula is C23H26ClFN4O5S2. The van der Waals surface area contributed by atoms with E-state index in [1.54, 1.807) is 33.3 Å².